The van der Waals surface area contributed by atoms with E-state index in [0.717, 1.165) is 5.56 Å². The number of carbonyl (C=O) groups excluding carboxylic acids is 1. The monoisotopic (exact) mass is 341 g/mol. The molecule has 6 nitrogen and oxygen atoms in total. The van der Waals surface area contributed by atoms with Crippen LogP contribution < -0.4 is 24.7 Å². The number of hydrogen-bond acceptors (Lipinski definition) is 6. The van der Waals surface area contributed by atoms with Crippen molar-refractivity contribution in [3.8, 4) is 23.0 Å². The van der Waals surface area contributed by atoms with Gasteiger partial charge in [0.2, 0.25) is 12.5 Å². The Bertz CT molecular complexity index is 857. The molecule has 0 aromatic heterocycles. The lowest BCUT2D eigenvalue weighted by molar-refractivity contribution is 0.103. The predicted octanol–water partition coefficient (Wildman–Crippen LogP) is 3.30. The fourth-order valence-corrected chi connectivity index (χ4v) is 2.65. The summed E-state index contributed by atoms with van der Waals surface area (Å²) in [4.78, 5) is 12.6. The number of rotatable bonds is 5. The van der Waals surface area contributed by atoms with Gasteiger partial charge in [-0.05, 0) is 54.5 Å². The van der Waals surface area contributed by atoms with Crippen LogP contribution in [-0.2, 0) is 0 Å². The fourth-order valence-electron chi connectivity index (χ4n) is 2.65. The first-order valence-electron chi connectivity index (χ1n) is 7.67. The smallest absolute Gasteiger partial charge is 0.231 e. The zero-order valence-electron chi connectivity index (χ0n) is 14.3. The van der Waals surface area contributed by atoms with Gasteiger partial charge < -0.3 is 24.7 Å². The van der Waals surface area contributed by atoms with Crippen LogP contribution in [0.1, 0.15) is 22.8 Å². The quantitative estimate of drug-likeness (QED) is 0.511. The van der Waals surface area contributed by atoms with Crippen LogP contribution in [0.5, 0.6) is 23.0 Å². The van der Waals surface area contributed by atoms with Crippen LogP contribution in [0.15, 0.2) is 35.9 Å². The van der Waals surface area contributed by atoms with E-state index in [1.807, 2.05) is 6.07 Å². The highest BCUT2D eigenvalue weighted by Crippen LogP contribution is 2.42. The van der Waals surface area contributed by atoms with Crippen molar-refractivity contribution in [2.45, 2.75) is 6.92 Å². The molecule has 3 rings (SSSR count). The Morgan fingerprint density at radius 3 is 2.56 bits per heavy atom. The van der Waals surface area contributed by atoms with E-state index in [1.54, 1.807) is 44.4 Å². The SMILES string of the molecule is COc1ccc(C(=O)C(C)=Cc2cc(OC)c3c(c2)OCO3)cc1N. The van der Waals surface area contributed by atoms with E-state index in [-0.39, 0.29) is 12.6 Å². The number of ketones is 1. The van der Waals surface area contributed by atoms with Gasteiger partial charge in [-0.15, -0.1) is 0 Å². The summed E-state index contributed by atoms with van der Waals surface area (Å²) in [7, 11) is 3.09. The van der Waals surface area contributed by atoms with Gasteiger partial charge >= 0.3 is 0 Å². The summed E-state index contributed by atoms with van der Waals surface area (Å²) in [5.74, 6) is 2.16. The highest BCUT2D eigenvalue weighted by atomic mass is 16.7. The molecule has 25 heavy (non-hydrogen) atoms. The third-order valence-corrected chi connectivity index (χ3v) is 3.91. The molecule has 0 saturated heterocycles. The number of hydrogen-bond donors (Lipinski definition) is 1. The maximum absolute atomic E-state index is 12.6. The van der Waals surface area contributed by atoms with Gasteiger partial charge in [-0.2, -0.15) is 0 Å². The highest BCUT2D eigenvalue weighted by molar-refractivity contribution is 6.11. The van der Waals surface area contributed by atoms with Crippen molar-refractivity contribution in [2.24, 2.45) is 0 Å². The number of ether oxygens (including phenoxy) is 4. The third-order valence-electron chi connectivity index (χ3n) is 3.91. The second-order valence-electron chi connectivity index (χ2n) is 5.57. The second kappa shape index (κ2) is 6.76. The standard InChI is InChI=1S/C19H19NO5/c1-11(18(21)13-4-5-15(22-2)14(20)9-13)6-12-7-16(23-3)19-17(8-12)24-10-25-19/h4-9H,10,20H2,1-3H3. The van der Waals surface area contributed by atoms with Crippen LogP contribution in [0.2, 0.25) is 0 Å². The Morgan fingerprint density at radius 2 is 1.88 bits per heavy atom. The molecule has 0 fully saturated rings. The molecule has 130 valence electrons. The first kappa shape index (κ1) is 16.7. The van der Waals surface area contributed by atoms with Crippen LogP contribution in [0.25, 0.3) is 6.08 Å². The highest BCUT2D eigenvalue weighted by Gasteiger charge is 2.20. The van der Waals surface area contributed by atoms with Crippen LogP contribution >= 0.6 is 0 Å². The minimum absolute atomic E-state index is 0.119. The maximum Gasteiger partial charge on any atom is 0.231 e. The summed E-state index contributed by atoms with van der Waals surface area (Å²) in [5, 5.41) is 0. The van der Waals surface area contributed by atoms with Crippen molar-refractivity contribution in [3.05, 3.63) is 47.0 Å². The number of allylic oxidation sites excluding steroid dienone is 1. The molecule has 1 aliphatic heterocycles. The summed E-state index contributed by atoms with van der Waals surface area (Å²) >= 11 is 0. The lowest BCUT2D eigenvalue weighted by Crippen LogP contribution is -2.02. The number of nitrogens with two attached hydrogens (primary N) is 1. The molecule has 0 saturated carbocycles. The Balaban J connectivity index is 1.91. The molecule has 2 aromatic carbocycles. The molecule has 0 amide bonds. The van der Waals surface area contributed by atoms with Crippen molar-refractivity contribution in [2.75, 3.05) is 26.7 Å². The topological polar surface area (TPSA) is 80.0 Å². The minimum Gasteiger partial charge on any atom is -0.495 e. The number of anilines is 1. The van der Waals surface area contributed by atoms with Crippen molar-refractivity contribution in [1.29, 1.82) is 0 Å². The summed E-state index contributed by atoms with van der Waals surface area (Å²) in [5.41, 5.74) is 8.15. The van der Waals surface area contributed by atoms with E-state index in [9.17, 15) is 4.79 Å². The van der Waals surface area contributed by atoms with Crippen molar-refractivity contribution in [3.63, 3.8) is 0 Å². The van der Waals surface area contributed by atoms with Crippen molar-refractivity contribution < 1.29 is 23.7 Å². The lowest BCUT2D eigenvalue weighted by Gasteiger charge is -2.08. The number of methoxy groups -OCH3 is 2. The maximum atomic E-state index is 12.6. The van der Waals surface area contributed by atoms with Crippen LogP contribution in [-0.4, -0.2) is 26.8 Å². The van der Waals surface area contributed by atoms with Crippen LogP contribution in [0.3, 0.4) is 0 Å². The molecule has 0 atom stereocenters. The van der Waals surface area contributed by atoms with Gasteiger partial charge in [-0.3, -0.25) is 4.79 Å². The predicted molar refractivity (Wildman–Crippen MR) is 94.5 cm³/mol. The zero-order valence-corrected chi connectivity index (χ0v) is 14.3. The molecule has 0 spiro atoms. The Kier molecular flexibility index (Phi) is 4.52. The summed E-state index contributed by atoms with van der Waals surface area (Å²) in [6, 6.07) is 8.59. The molecular formula is C19H19NO5. The van der Waals surface area contributed by atoms with Crippen LogP contribution in [0, 0.1) is 0 Å². The number of carbonyl (C=O) groups is 1. The van der Waals surface area contributed by atoms with E-state index in [4.69, 9.17) is 24.7 Å². The number of nitrogen functional groups attached to an aromatic ring is 1. The summed E-state index contributed by atoms with van der Waals surface area (Å²) in [6.45, 7) is 1.90. The normalized spacial score (nSPS) is 12.8. The first-order valence-corrected chi connectivity index (χ1v) is 7.67. The van der Waals surface area contributed by atoms with Gasteiger partial charge in [-0.25, -0.2) is 0 Å². The fraction of sp³-hybridized carbons (Fsp3) is 0.211. The van der Waals surface area contributed by atoms with Gasteiger partial charge in [0.1, 0.15) is 5.75 Å². The minimum atomic E-state index is -0.119. The van der Waals surface area contributed by atoms with Crippen molar-refractivity contribution in [1.82, 2.24) is 0 Å². The number of fused-ring (bicyclic) bond motifs is 1. The average molecular weight is 341 g/mol. The van der Waals surface area contributed by atoms with Gasteiger partial charge in [0, 0.05) is 5.56 Å². The van der Waals surface area contributed by atoms with E-state index < -0.39 is 0 Å². The molecule has 0 unspecified atom stereocenters. The zero-order chi connectivity index (χ0) is 18.0. The molecule has 1 heterocycles. The molecule has 6 heteroatoms. The number of Topliss-reactive ketones (excluding diaryl/α,β-unsaturated/α-hetero) is 1. The van der Waals surface area contributed by atoms with Gasteiger partial charge in [-0.1, -0.05) is 0 Å². The largest absolute Gasteiger partial charge is 0.495 e. The molecule has 2 aromatic rings. The molecule has 2 N–H and O–H groups in total. The van der Waals surface area contributed by atoms with Crippen LogP contribution in [0.4, 0.5) is 5.69 Å². The molecule has 0 bridgehead atoms. The van der Waals surface area contributed by atoms with Crippen molar-refractivity contribution >= 4 is 17.5 Å². The second-order valence-corrected chi connectivity index (χ2v) is 5.57. The summed E-state index contributed by atoms with van der Waals surface area (Å²) < 4.78 is 21.2. The van der Waals surface area contributed by atoms with E-state index >= 15 is 0 Å². The molecule has 1 aliphatic rings. The van der Waals surface area contributed by atoms with Gasteiger partial charge in [0.05, 0.1) is 19.9 Å². The van der Waals surface area contributed by atoms with Gasteiger partial charge in [0.25, 0.3) is 0 Å². The van der Waals surface area contributed by atoms with E-state index in [1.165, 1.54) is 7.11 Å². The third kappa shape index (κ3) is 3.24. The lowest BCUT2D eigenvalue weighted by atomic mass is 10.0. The van der Waals surface area contributed by atoms with E-state index in [0.29, 0.717) is 39.8 Å². The molecule has 0 radical (unpaired) electrons. The Labute approximate surface area is 145 Å². The Hall–Kier alpha value is -3.15. The van der Waals surface area contributed by atoms with Gasteiger partial charge in [0.15, 0.2) is 17.3 Å². The van der Waals surface area contributed by atoms with E-state index in [2.05, 4.69) is 0 Å². The number of benzene rings is 2. The average Bonchev–Trinajstić information content (AvgIpc) is 3.08. The molecule has 0 aliphatic carbocycles. The summed E-state index contributed by atoms with van der Waals surface area (Å²) in [6.07, 6.45) is 1.77. The molecular weight excluding hydrogens is 322 g/mol. The first-order chi connectivity index (χ1) is 12.0. The Morgan fingerprint density at radius 1 is 1.12 bits per heavy atom.